The van der Waals surface area contributed by atoms with E-state index in [1.807, 2.05) is 25.1 Å². The number of carbonyl (C=O) groups excluding carboxylic acids is 1. The van der Waals surface area contributed by atoms with Crippen molar-refractivity contribution in [3.05, 3.63) is 59.3 Å². The van der Waals surface area contributed by atoms with Crippen LogP contribution in [0.4, 0.5) is 0 Å². The molecule has 0 radical (unpaired) electrons. The van der Waals surface area contributed by atoms with Gasteiger partial charge in [0.2, 0.25) is 5.91 Å². The fourth-order valence-electron chi connectivity index (χ4n) is 2.70. The molecule has 6 nitrogen and oxygen atoms in total. The average Bonchev–Trinajstić information content (AvgIpc) is 2.90. The summed E-state index contributed by atoms with van der Waals surface area (Å²) >= 11 is 0. The first-order chi connectivity index (χ1) is 12.1. The van der Waals surface area contributed by atoms with Crippen molar-refractivity contribution in [2.45, 2.75) is 13.3 Å². The zero-order valence-electron chi connectivity index (χ0n) is 14.0. The van der Waals surface area contributed by atoms with Crippen LogP contribution in [0.2, 0.25) is 0 Å². The molecule has 0 saturated heterocycles. The van der Waals surface area contributed by atoms with E-state index in [4.69, 9.17) is 4.74 Å². The molecule has 1 heterocycles. The minimum Gasteiger partial charge on any atom is -0.508 e. The molecule has 1 aromatic heterocycles. The van der Waals surface area contributed by atoms with E-state index in [0.29, 0.717) is 5.56 Å². The Hall–Kier alpha value is -3.28. The van der Waals surface area contributed by atoms with Crippen LogP contribution in [0, 0.1) is 6.92 Å². The third kappa shape index (κ3) is 3.80. The molecule has 1 amide bonds. The first-order valence-electron chi connectivity index (χ1n) is 7.83. The molecule has 0 spiro atoms. The Morgan fingerprint density at radius 1 is 1.32 bits per heavy atom. The Balaban J connectivity index is 1.72. The highest BCUT2D eigenvalue weighted by molar-refractivity contribution is 5.91. The van der Waals surface area contributed by atoms with Gasteiger partial charge in [0.05, 0.1) is 19.7 Å². The highest BCUT2D eigenvalue weighted by Crippen LogP contribution is 2.26. The van der Waals surface area contributed by atoms with Gasteiger partial charge in [-0.2, -0.15) is 5.10 Å². The number of ether oxygens (including phenoxy) is 1. The van der Waals surface area contributed by atoms with Gasteiger partial charge < -0.3 is 14.8 Å². The van der Waals surface area contributed by atoms with Crippen molar-refractivity contribution in [2.75, 3.05) is 7.11 Å². The predicted molar refractivity (Wildman–Crippen MR) is 97.1 cm³/mol. The SMILES string of the molecule is COc1ccc2[nH]c(C)c(CC(=O)N/N=C/c3cccc(O)c3)c2c1. The van der Waals surface area contributed by atoms with Crippen LogP contribution >= 0.6 is 0 Å². The number of hydrogen-bond acceptors (Lipinski definition) is 4. The molecule has 3 aromatic rings. The number of aromatic nitrogens is 1. The number of rotatable bonds is 5. The van der Waals surface area contributed by atoms with E-state index in [-0.39, 0.29) is 18.1 Å². The smallest absolute Gasteiger partial charge is 0.244 e. The zero-order chi connectivity index (χ0) is 17.8. The first-order valence-corrected chi connectivity index (χ1v) is 7.83. The minimum absolute atomic E-state index is 0.152. The van der Waals surface area contributed by atoms with E-state index in [2.05, 4.69) is 15.5 Å². The number of methoxy groups -OCH3 is 1. The summed E-state index contributed by atoms with van der Waals surface area (Å²) in [5.74, 6) is 0.678. The maximum Gasteiger partial charge on any atom is 0.244 e. The largest absolute Gasteiger partial charge is 0.508 e. The number of nitrogens with zero attached hydrogens (tertiary/aromatic N) is 1. The maximum atomic E-state index is 12.2. The molecule has 3 N–H and O–H groups in total. The summed E-state index contributed by atoms with van der Waals surface area (Å²) in [4.78, 5) is 15.5. The van der Waals surface area contributed by atoms with Crippen molar-refractivity contribution in [1.82, 2.24) is 10.4 Å². The number of fused-ring (bicyclic) bond motifs is 1. The van der Waals surface area contributed by atoms with Gasteiger partial charge in [0.25, 0.3) is 0 Å². The molecule has 0 aliphatic heterocycles. The van der Waals surface area contributed by atoms with Crippen LogP contribution in [0.1, 0.15) is 16.8 Å². The van der Waals surface area contributed by atoms with Crippen molar-refractivity contribution in [1.29, 1.82) is 0 Å². The van der Waals surface area contributed by atoms with E-state index in [1.165, 1.54) is 6.21 Å². The van der Waals surface area contributed by atoms with Gasteiger partial charge in [-0.15, -0.1) is 0 Å². The fraction of sp³-hybridized carbons (Fsp3) is 0.158. The highest BCUT2D eigenvalue weighted by atomic mass is 16.5. The fourth-order valence-corrected chi connectivity index (χ4v) is 2.70. The van der Waals surface area contributed by atoms with Crippen LogP contribution in [-0.4, -0.2) is 29.3 Å². The standard InChI is InChI=1S/C19H19N3O3/c1-12-16(17-9-15(25-2)6-7-18(17)21-12)10-19(24)22-20-11-13-4-3-5-14(23)8-13/h3-9,11,21,23H,10H2,1-2H3,(H,22,24)/b20-11+. The third-order valence-corrected chi connectivity index (χ3v) is 3.94. The Morgan fingerprint density at radius 2 is 2.16 bits per heavy atom. The predicted octanol–water partition coefficient (Wildman–Crippen LogP) is 2.88. The van der Waals surface area contributed by atoms with E-state index >= 15 is 0 Å². The van der Waals surface area contributed by atoms with E-state index < -0.39 is 0 Å². The molecule has 6 heteroatoms. The summed E-state index contributed by atoms with van der Waals surface area (Å²) in [6.45, 7) is 1.94. The second-order valence-electron chi connectivity index (χ2n) is 5.71. The molecule has 25 heavy (non-hydrogen) atoms. The van der Waals surface area contributed by atoms with Crippen LogP contribution in [0.25, 0.3) is 10.9 Å². The van der Waals surface area contributed by atoms with Crippen molar-refractivity contribution < 1.29 is 14.6 Å². The average molecular weight is 337 g/mol. The molecule has 0 unspecified atom stereocenters. The quantitative estimate of drug-likeness (QED) is 0.494. The van der Waals surface area contributed by atoms with Gasteiger partial charge in [-0.25, -0.2) is 5.43 Å². The first kappa shape index (κ1) is 16.6. The topological polar surface area (TPSA) is 86.7 Å². The zero-order valence-corrected chi connectivity index (χ0v) is 14.0. The summed E-state index contributed by atoms with van der Waals surface area (Å²) in [6, 6.07) is 12.4. The summed E-state index contributed by atoms with van der Waals surface area (Å²) in [5, 5.41) is 14.3. The van der Waals surface area contributed by atoms with E-state index in [0.717, 1.165) is 27.9 Å². The molecule has 0 fully saturated rings. The molecule has 3 rings (SSSR count). The number of phenols is 1. The van der Waals surface area contributed by atoms with Crippen molar-refractivity contribution in [3.63, 3.8) is 0 Å². The number of hydrazone groups is 1. The minimum atomic E-state index is -0.219. The normalized spacial score (nSPS) is 11.1. The van der Waals surface area contributed by atoms with Crippen molar-refractivity contribution in [3.8, 4) is 11.5 Å². The molecule has 2 aromatic carbocycles. The Kier molecular flexibility index (Phi) is 4.70. The number of aromatic hydroxyl groups is 1. The molecule has 0 aliphatic rings. The van der Waals surface area contributed by atoms with Crippen LogP contribution in [0.15, 0.2) is 47.6 Å². The van der Waals surface area contributed by atoms with Crippen molar-refractivity contribution >= 4 is 23.0 Å². The lowest BCUT2D eigenvalue weighted by Gasteiger charge is -2.03. The van der Waals surface area contributed by atoms with Gasteiger partial charge >= 0.3 is 0 Å². The second-order valence-corrected chi connectivity index (χ2v) is 5.71. The molecule has 0 bridgehead atoms. The van der Waals surface area contributed by atoms with E-state index in [1.54, 1.807) is 31.4 Å². The van der Waals surface area contributed by atoms with Gasteiger partial charge in [-0.3, -0.25) is 4.79 Å². The molecule has 0 atom stereocenters. The Morgan fingerprint density at radius 3 is 2.92 bits per heavy atom. The Bertz CT molecular complexity index is 944. The number of amides is 1. The third-order valence-electron chi connectivity index (χ3n) is 3.94. The highest BCUT2D eigenvalue weighted by Gasteiger charge is 2.13. The summed E-state index contributed by atoms with van der Waals surface area (Å²) in [7, 11) is 1.61. The van der Waals surface area contributed by atoms with Crippen molar-refractivity contribution in [2.24, 2.45) is 5.10 Å². The monoisotopic (exact) mass is 337 g/mol. The summed E-state index contributed by atoms with van der Waals surface area (Å²) < 4.78 is 5.26. The van der Waals surface area contributed by atoms with Gasteiger partial charge in [-0.05, 0) is 48.4 Å². The molecule has 0 aliphatic carbocycles. The van der Waals surface area contributed by atoms with Crippen LogP contribution in [0.5, 0.6) is 11.5 Å². The second kappa shape index (κ2) is 7.09. The number of nitrogens with one attached hydrogen (secondary N) is 2. The lowest BCUT2D eigenvalue weighted by atomic mass is 10.1. The van der Waals surface area contributed by atoms with Gasteiger partial charge in [0.15, 0.2) is 0 Å². The maximum absolute atomic E-state index is 12.2. The van der Waals surface area contributed by atoms with Gasteiger partial charge in [0, 0.05) is 16.6 Å². The molecular formula is C19H19N3O3. The number of aromatic amines is 1. The molecular weight excluding hydrogens is 318 g/mol. The number of benzene rings is 2. The molecule has 128 valence electrons. The number of phenolic OH excluding ortho intramolecular Hbond substituents is 1. The van der Waals surface area contributed by atoms with Crippen LogP contribution in [-0.2, 0) is 11.2 Å². The van der Waals surface area contributed by atoms with Gasteiger partial charge in [-0.1, -0.05) is 12.1 Å². The number of hydrogen-bond donors (Lipinski definition) is 3. The lowest BCUT2D eigenvalue weighted by molar-refractivity contribution is -0.120. The number of aryl methyl sites for hydroxylation is 1. The van der Waals surface area contributed by atoms with Gasteiger partial charge in [0.1, 0.15) is 11.5 Å². The lowest BCUT2D eigenvalue weighted by Crippen LogP contribution is -2.20. The number of H-pyrrole nitrogens is 1. The van der Waals surface area contributed by atoms with Crippen LogP contribution in [0.3, 0.4) is 0 Å². The summed E-state index contributed by atoms with van der Waals surface area (Å²) in [6.07, 6.45) is 1.69. The van der Waals surface area contributed by atoms with Crippen LogP contribution < -0.4 is 10.2 Å². The van der Waals surface area contributed by atoms with E-state index in [9.17, 15) is 9.90 Å². The molecule has 0 saturated carbocycles. The number of carbonyl (C=O) groups is 1. The Labute approximate surface area is 145 Å². The summed E-state index contributed by atoms with van der Waals surface area (Å²) in [5.41, 5.74) is 6.03.